The van der Waals surface area contributed by atoms with E-state index in [-0.39, 0.29) is 18.9 Å². The fraction of sp³-hybridized carbons (Fsp3) is 0.847. The van der Waals surface area contributed by atoms with Gasteiger partial charge in [-0.15, -0.1) is 0 Å². The van der Waals surface area contributed by atoms with E-state index in [1.54, 1.807) is 6.08 Å². The highest BCUT2D eigenvalue weighted by Crippen LogP contribution is 2.30. The highest BCUT2D eigenvalue weighted by molar-refractivity contribution is 5.76. The first-order valence-electron chi connectivity index (χ1n) is 35.5. The number of hydrogen-bond donors (Lipinski definition) is 9. The van der Waals surface area contributed by atoms with Crippen LogP contribution in [-0.2, 0) is 23.7 Å². The SMILES string of the molecule is CC/C=C\C/C=C\C/C=C\C/C=C\CCCCCCCCCCCCCCCCCCCCCCC(=O)NC(COC1OC(CO)C(OC2OC(CO)C(O)C(O)C2O)C(O)C1O)C(O)/C=C/CCCCCCCCCCCCCCCCCCC. The summed E-state index contributed by atoms with van der Waals surface area (Å²) in [4.78, 5) is 13.3. The van der Waals surface area contributed by atoms with Crippen molar-refractivity contribution in [2.75, 3.05) is 19.8 Å². The van der Waals surface area contributed by atoms with Gasteiger partial charge in [0.1, 0.15) is 48.8 Å². The van der Waals surface area contributed by atoms with Crippen LogP contribution in [0.3, 0.4) is 0 Å². The molecule has 0 aromatic carbocycles. The number of rotatable bonds is 58. The molecule has 2 saturated heterocycles. The van der Waals surface area contributed by atoms with Gasteiger partial charge < -0.3 is 65.1 Å². The van der Waals surface area contributed by atoms with Crippen LogP contribution in [0.1, 0.15) is 296 Å². The molecule has 12 atom stereocenters. The molecule has 14 heteroatoms. The number of aliphatic hydroxyl groups excluding tert-OH is 8. The Bertz CT molecular complexity index is 1670. The molecule has 0 bridgehead atoms. The van der Waals surface area contributed by atoms with Crippen LogP contribution < -0.4 is 5.32 Å². The standard InChI is InChI=1S/C72H131NO13/c1-3-5-7-9-11-13-15-17-19-21-23-24-25-26-27-28-29-30-31-32-33-34-35-36-38-40-42-44-46-48-50-52-54-56-64(77)73-60(61(76)55-53-51-49-47-45-43-41-39-37-22-20-18-16-14-12-10-8-6-4-2)59-83-71-69(82)67(80)70(63(58-75)85-71)86-72-68(81)66(79)65(78)62(57-74)84-72/h5,7,11,13,17,19,23-24,53,55,60-63,65-72,74-76,78-82H,3-4,6,8-10,12,14-16,18,20-22,25-52,54,56-59H2,1-2H3,(H,73,77)/b7-5-,13-11-,19-17-,24-23-,55-53+. The number of unbranched alkanes of at least 4 members (excludes halogenated alkanes) is 37. The van der Waals surface area contributed by atoms with Crippen molar-refractivity contribution in [3.8, 4) is 0 Å². The third kappa shape index (κ3) is 40.4. The van der Waals surface area contributed by atoms with Crippen LogP contribution >= 0.6 is 0 Å². The molecule has 2 aliphatic rings. The highest BCUT2D eigenvalue weighted by Gasteiger charge is 2.51. The van der Waals surface area contributed by atoms with Crippen molar-refractivity contribution in [3.05, 3.63) is 60.8 Å². The maximum Gasteiger partial charge on any atom is 0.220 e. The van der Waals surface area contributed by atoms with Crippen LogP contribution in [-0.4, -0.2) is 140 Å². The number of carbonyl (C=O) groups is 1. The molecule has 0 aliphatic carbocycles. The Morgan fingerprint density at radius 1 is 0.430 bits per heavy atom. The van der Waals surface area contributed by atoms with Crippen LogP contribution in [0.5, 0.6) is 0 Å². The lowest BCUT2D eigenvalue weighted by Crippen LogP contribution is -2.65. The van der Waals surface area contributed by atoms with Crippen molar-refractivity contribution in [2.24, 2.45) is 0 Å². The summed E-state index contributed by atoms with van der Waals surface area (Å²) in [7, 11) is 0. The minimum absolute atomic E-state index is 0.235. The number of ether oxygens (including phenoxy) is 4. The first-order valence-corrected chi connectivity index (χ1v) is 35.5. The summed E-state index contributed by atoms with van der Waals surface area (Å²) in [6, 6.07) is -0.915. The maximum absolute atomic E-state index is 13.3. The molecule has 2 aliphatic heterocycles. The topological polar surface area (TPSA) is 228 Å². The number of carbonyl (C=O) groups excluding carboxylic acids is 1. The van der Waals surface area contributed by atoms with Crippen molar-refractivity contribution < 1.29 is 64.6 Å². The molecular weight excluding hydrogens is 1090 g/mol. The van der Waals surface area contributed by atoms with Gasteiger partial charge in [0.2, 0.25) is 5.91 Å². The van der Waals surface area contributed by atoms with Crippen molar-refractivity contribution in [1.82, 2.24) is 5.32 Å². The van der Waals surface area contributed by atoms with Crippen molar-refractivity contribution >= 4 is 5.91 Å². The van der Waals surface area contributed by atoms with Gasteiger partial charge in [0.15, 0.2) is 12.6 Å². The van der Waals surface area contributed by atoms with Crippen LogP contribution in [0.15, 0.2) is 60.8 Å². The summed E-state index contributed by atoms with van der Waals surface area (Å²) in [5, 5.41) is 87.4. The Morgan fingerprint density at radius 2 is 0.802 bits per heavy atom. The van der Waals surface area contributed by atoms with Crippen LogP contribution in [0.4, 0.5) is 0 Å². The average Bonchev–Trinajstić information content (AvgIpc) is 2.63. The van der Waals surface area contributed by atoms with E-state index in [9.17, 15) is 45.6 Å². The Balaban J connectivity index is 1.64. The minimum Gasteiger partial charge on any atom is -0.394 e. The molecule has 0 spiro atoms. The zero-order chi connectivity index (χ0) is 62.3. The molecule has 0 saturated carbocycles. The first kappa shape index (κ1) is 79.8. The number of aliphatic hydroxyl groups is 8. The number of nitrogens with one attached hydrogen (secondary N) is 1. The zero-order valence-electron chi connectivity index (χ0n) is 54.6. The highest BCUT2D eigenvalue weighted by atomic mass is 16.7. The molecule has 9 N–H and O–H groups in total. The predicted octanol–water partition coefficient (Wildman–Crippen LogP) is 14.5. The molecule has 1 amide bonds. The molecule has 2 fully saturated rings. The molecule has 2 rings (SSSR count). The fourth-order valence-corrected chi connectivity index (χ4v) is 11.6. The lowest BCUT2D eigenvalue weighted by molar-refractivity contribution is -0.359. The Hall–Kier alpha value is -2.31. The molecule has 502 valence electrons. The summed E-state index contributed by atoms with van der Waals surface area (Å²) in [6.07, 6.45) is 58.5. The van der Waals surface area contributed by atoms with E-state index < -0.39 is 86.8 Å². The first-order chi connectivity index (χ1) is 42.1. The van der Waals surface area contributed by atoms with E-state index in [0.29, 0.717) is 6.42 Å². The molecular formula is C72H131NO13. The monoisotopic (exact) mass is 1220 g/mol. The number of allylic oxidation sites excluding steroid dienone is 9. The van der Waals surface area contributed by atoms with Gasteiger partial charge in [-0.25, -0.2) is 0 Å². The third-order valence-electron chi connectivity index (χ3n) is 17.2. The Morgan fingerprint density at radius 3 is 1.23 bits per heavy atom. The molecule has 2 heterocycles. The smallest absolute Gasteiger partial charge is 0.220 e. The summed E-state index contributed by atoms with van der Waals surface area (Å²) < 4.78 is 22.9. The number of hydrogen-bond acceptors (Lipinski definition) is 13. The summed E-state index contributed by atoms with van der Waals surface area (Å²) in [5.41, 5.74) is 0. The predicted molar refractivity (Wildman–Crippen MR) is 350 cm³/mol. The second-order valence-corrected chi connectivity index (χ2v) is 25.0. The maximum atomic E-state index is 13.3. The van der Waals surface area contributed by atoms with E-state index in [0.717, 1.165) is 64.2 Å². The van der Waals surface area contributed by atoms with Crippen LogP contribution in [0, 0.1) is 0 Å². The Labute approximate surface area is 524 Å². The van der Waals surface area contributed by atoms with Crippen molar-refractivity contribution in [1.29, 1.82) is 0 Å². The largest absolute Gasteiger partial charge is 0.394 e. The average molecular weight is 1220 g/mol. The quantitative estimate of drug-likeness (QED) is 0.0204. The number of amides is 1. The summed E-state index contributed by atoms with van der Waals surface area (Å²) in [5.74, 6) is -0.235. The molecule has 0 aromatic heterocycles. The molecule has 0 aromatic rings. The second kappa shape index (κ2) is 56.7. The van der Waals surface area contributed by atoms with E-state index in [2.05, 4.69) is 67.8 Å². The molecule has 0 radical (unpaired) electrons. The minimum atomic E-state index is -1.79. The summed E-state index contributed by atoms with van der Waals surface area (Å²) in [6.45, 7) is 2.72. The van der Waals surface area contributed by atoms with E-state index in [4.69, 9.17) is 18.9 Å². The van der Waals surface area contributed by atoms with E-state index >= 15 is 0 Å². The van der Waals surface area contributed by atoms with Gasteiger partial charge in [0.05, 0.1) is 32.0 Å². The third-order valence-corrected chi connectivity index (χ3v) is 17.2. The van der Waals surface area contributed by atoms with Gasteiger partial charge in [-0.3, -0.25) is 4.79 Å². The second-order valence-electron chi connectivity index (χ2n) is 25.0. The lowest BCUT2D eigenvalue weighted by atomic mass is 9.97. The molecule has 86 heavy (non-hydrogen) atoms. The van der Waals surface area contributed by atoms with E-state index in [1.807, 2.05) is 6.08 Å². The van der Waals surface area contributed by atoms with Crippen molar-refractivity contribution in [3.63, 3.8) is 0 Å². The van der Waals surface area contributed by atoms with Crippen LogP contribution in [0.25, 0.3) is 0 Å². The van der Waals surface area contributed by atoms with Crippen molar-refractivity contribution in [2.45, 2.75) is 370 Å². The molecule has 14 nitrogen and oxygen atoms in total. The van der Waals surface area contributed by atoms with Gasteiger partial charge in [0, 0.05) is 6.42 Å². The van der Waals surface area contributed by atoms with E-state index in [1.165, 1.54) is 205 Å². The van der Waals surface area contributed by atoms with Gasteiger partial charge in [0.25, 0.3) is 0 Å². The normalized spacial score (nSPS) is 23.7. The summed E-state index contributed by atoms with van der Waals surface area (Å²) >= 11 is 0. The van der Waals surface area contributed by atoms with Crippen LogP contribution in [0.2, 0.25) is 0 Å². The van der Waals surface area contributed by atoms with Gasteiger partial charge in [-0.1, -0.05) is 293 Å². The zero-order valence-corrected chi connectivity index (χ0v) is 54.6. The Kier molecular flexibility index (Phi) is 52.6. The lowest BCUT2D eigenvalue weighted by Gasteiger charge is -2.46. The fourth-order valence-electron chi connectivity index (χ4n) is 11.6. The van der Waals surface area contributed by atoms with Gasteiger partial charge >= 0.3 is 0 Å². The molecule has 12 unspecified atom stereocenters. The van der Waals surface area contributed by atoms with Gasteiger partial charge in [-0.2, -0.15) is 0 Å². The van der Waals surface area contributed by atoms with Gasteiger partial charge in [-0.05, 0) is 57.8 Å².